The van der Waals surface area contributed by atoms with E-state index in [4.69, 9.17) is 11.6 Å². The normalized spacial score (nSPS) is 11.0. The largest absolute Gasteiger partial charge is 0.338 e. The third-order valence-corrected chi connectivity index (χ3v) is 5.96. The molecule has 3 rings (SSSR count). The van der Waals surface area contributed by atoms with E-state index in [0.717, 1.165) is 5.56 Å². The van der Waals surface area contributed by atoms with Crippen molar-refractivity contribution < 1.29 is 4.79 Å². The van der Waals surface area contributed by atoms with Gasteiger partial charge in [0.2, 0.25) is 5.91 Å². The molecule has 2 heterocycles. The Hall–Kier alpha value is -1.83. The second kappa shape index (κ2) is 8.70. The molecule has 0 aliphatic rings. The third-order valence-electron chi connectivity index (χ3n) is 3.89. The topological polar surface area (TPSA) is 54.7 Å². The molecule has 8 heteroatoms. The van der Waals surface area contributed by atoms with Crippen LogP contribution in [0.2, 0.25) is 5.02 Å². The van der Waals surface area contributed by atoms with E-state index in [1.54, 1.807) is 11.1 Å². The number of carbonyl (C=O) groups is 1. The summed E-state index contributed by atoms with van der Waals surface area (Å²) >= 11 is 9.07. The predicted molar refractivity (Wildman–Crippen MR) is 108 cm³/mol. The first kappa shape index (κ1) is 18.9. The van der Waals surface area contributed by atoms with Gasteiger partial charge in [-0.3, -0.25) is 14.0 Å². The molecule has 0 N–H and O–H groups in total. The van der Waals surface area contributed by atoms with E-state index in [0.29, 0.717) is 40.3 Å². The van der Waals surface area contributed by atoms with Gasteiger partial charge < -0.3 is 4.90 Å². The van der Waals surface area contributed by atoms with Gasteiger partial charge in [0.1, 0.15) is 0 Å². The Labute approximate surface area is 164 Å². The molecule has 5 nitrogen and oxygen atoms in total. The molecule has 0 aliphatic heterocycles. The van der Waals surface area contributed by atoms with Gasteiger partial charge in [0.15, 0.2) is 4.96 Å². The Kier molecular flexibility index (Phi) is 6.34. The number of rotatable bonds is 7. The summed E-state index contributed by atoms with van der Waals surface area (Å²) in [5.74, 6) is 0.911. The molecule has 0 fully saturated rings. The van der Waals surface area contributed by atoms with Crippen LogP contribution in [0.15, 0.2) is 46.7 Å². The Balaban J connectivity index is 1.58. The minimum atomic E-state index is -0.0907. The van der Waals surface area contributed by atoms with Crippen LogP contribution in [-0.4, -0.2) is 32.5 Å². The van der Waals surface area contributed by atoms with Crippen molar-refractivity contribution in [3.63, 3.8) is 0 Å². The number of fused-ring (bicyclic) bond motifs is 1. The first-order valence-electron chi connectivity index (χ1n) is 8.13. The number of hydrogen-bond donors (Lipinski definition) is 0. The molecule has 0 saturated heterocycles. The Morgan fingerprint density at radius 1 is 1.38 bits per heavy atom. The van der Waals surface area contributed by atoms with Gasteiger partial charge in [0.05, 0.1) is 11.4 Å². The van der Waals surface area contributed by atoms with Crippen molar-refractivity contribution in [3.05, 3.63) is 68.5 Å². The van der Waals surface area contributed by atoms with Gasteiger partial charge in [-0.2, -0.15) is 0 Å². The van der Waals surface area contributed by atoms with Crippen molar-refractivity contribution in [2.24, 2.45) is 0 Å². The standard InChI is InChI=1S/C18H18ClN3O2S2/c1-2-21(10-13-5-3-4-6-15(13)19)17(24)12-25-11-14-9-16(23)22-7-8-26-18(22)20-14/h3-9H,2,10-12H2,1H3. The number of thiazole rings is 1. The maximum atomic E-state index is 12.5. The molecule has 1 amide bonds. The van der Waals surface area contributed by atoms with Crippen LogP contribution in [0.25, 0.3) is 4.96 Å². The number of carbonyl (C=O) groups excluding carboxylic acids is 1. The molecule has 2 aromatic heterocycles. The van der Waals surface area contributed by atoms with E-state index in [-0.39, 0.29) is 11.5 Å². The average molecular weight is 408 g/mol. The van der Waals surface area contributed by atoms with Crippen LogP contribution in [0.5, 0.6) is 0 Å². The molecule has 26 heavy (non-hydrogen) atoms. The van der Waals surface area contributed by atoms with Gasteiger partial charge in [0, 0.05) is 41.5 Å². The summed E-state index contributed by atoms with van der Waals surface area (Å²) < 4.78 is 1.52. The van der Waals surface area contributed by atoms with Gasteiger partial charge in [0.25, 0.3) is 5.56 Å². The highest BCUT2D eigenvalue weighted by Crippen LogP contribution is 2.18. The smallest absolute Gasteiger partial charge is 0.258 e. The number of nitrogens with zero attached hydrogens (tertiary/aromatic N) is 3. The molecule has 0 radical (unpaired) electrons. The molecule has 3 aromatic rings. The second-order valence-corrected chi connectivity index (χ2v) is 7.90. The molecular formula is C18H18ClN3O2S2. The lowest BCUT2D eigenvalue weighted by molar-refractivity contribution is -0.128. The second-order valence-electron chi connectivity index (χ2n) is 5.63. The van der Waals surface area contributed by atoms with E-state index < -0.39 is 0 Å². The van der Waals surface area contributed by atoms with Crippen LogP contribution in [-0.2, 0) is 17.1 Å². The summed E-state index contributed by atoms with van der Waals surface area (Å²) in [6, 6.07) is 9.07. The lowest BCUT2D eigenvalue weighted by Crippen LogP contribution is -2.31. The SMILES string of the molecule is CCN(Cc1ccccc1Cl)C(=O)CSCc1cc(=O)n2ccsc2n1. The molecule has 136 valence electrons. The first-order valence-corrected chi connectivity index (χ1v) is 10.5. The predicted octanol–water partition coefficient (Wildman–Crippen LogP) is 3.69. The van der Waals surface area contributed by atoms with Crippen LogP contribution in [0, 0.1) is 0 Å². The zero-order valence-electron chi connectivity index (χ0n) is 14.2. The maximum Gasteiger partial charge on any atom is 0.258 e. The number of aromatic nitrogens is 2. The molecule has 0 bridgehead atoms. The minimum absolute atomic E-state index is 0.0475. The summed E-state index contributed by atoms with van der Waals surface area (Å²) in [5, 5.41) is 2.50. The first-order chi connectivity index (χ1) is 12.6. The highest BCUT2D eigenvalue weighted by molar-refractivity contribution is 7.99. The van der Waals surface area contributed by atoms with Gasteiger partial charge >= 0.3 is 0 Å². The summed E-state index contributed by atoms with van der Waals surface area (Å²) in [6.07, 6.45) is 1.71. The van der Waals surface area contributed by atoms with E-state index in [1.807, 2.05) is 36.6 Å². The van der Waals surface area contributed by atoms with Crippen molar-refractivity contribution in [2.75, 3.05) is 12.3 Å². The van der Waals surface area contributed by atoms with Gasteiger partial charge in [-0.1, -0.05) is 29.8 Å². The summed E-state index contributed by atoms with van der Waals surface area (Å²) in [4.78, 5) is 31.4. The zero-order chi connectivity index (χ0) is 18.5. The number of hydrogen-bond acceptors (Lipinski definition) is 5. The van der Waals surface area contributed by atoms with Gasteiger partial charge in [-0.15, -0.1) is 23.1 Å². The van der Waals surface area contributed by atoms with Crippen LogP contribution < -0.4 is 5.56 Å². The van der Waals surface area contributed by atoms with E-state index in [2.05, 4.69) is 4.98 Å². The molecule has 0 saturated carbocycles. The van der Waals surface area contributed by atoms with Crippen molar-refractivity contribution in [3.8, 4) is 0 Å². The highest BCUT2D eigenvalue weighted by Gasteiger charge is 2.14. The van der Waals surface area contributed by atoms with Crippen LogP contribution >= 0.6 is 34.7 Å². The van der Waals surface area contributed by atoms with Crippen LogP contribution in [0.4, 0.5) is 0 Å². The van der Waals surface area contributed by atoms with E-state index in [9.17, 15) is 9.59 Å². The summed E-state index contributed by atoms with van der Waals surface area (Å²) in [6.45, 7) is 3.06. The van der Waals surface area contributed by atoms with Crippen molar-refractivity contribution in [1.29, 1.82) is 0 Å². The molecule has 0 aliphatic carbocycles. The molecular weight excluding hydrogens is 390 g/mol. The Bertz CT molecular complexity index is 970. The third kappa shape index (κ3) is 4.47. The molecule has 1 aromatic carbocycles. The van der Waals surface area contributed by atoms with E-state index in [1.165, 1.54) is 33.6 Å². The molecule has 0 unspecified atom stereocenters. The fourth-order valence-corrected chi connectivity index (χ4v) is 4.25. The van der Waals surface area contributed by atoms with Crippen LogP contribution in [0.3, 0.4) is 0 Å². The number of amides is 1. The van der Waals surface area contributed by atoms with Crippen molar-refractivity contribution >= 4 is 45.6 Å². The minimum Gasteiger partial charge on any atom is -0.338 e. The lowest BCUT2D eigenvalue weighted by Gasteiger charge is -2.21. The fraction of sp³-hybridized carbons (Fsp3) is 0.278. The fourth-order valence-electron chi connectivity index (χ4n) is 2.50. The Morgan fingerprint density at radius 3 is 2.96 bits per heavy atom. The zero-order valence-corrected chi connectivity index (χ0v) is 16.6. The van der Waals surface area contributed by atoms with Gasteiger partial charge in [-0.05, 0) is 18.6 Å². The maximum absolute atomic E-state index is 12.5. The van der Waals surface area contributed by atoms with Gasteiger partial charge in [-0.25, -0.2) is 4.98 Å². The van der Waals surface area contributed by atoms with Crippen molar-refractivity contribution in [1.82, 2.24) is 14.3 Å². The molecule has 0 atom stereocenters. The number of benzene rings is 1. The number of thioether (sulfide) groups is 1. The highest BCUT2D eigenvalue weighted by atomic mass is 35.5. The quantitative estimate of drug-likeness (QED) is 0.599. The van der Waals surface area contributed by atoms with Crippen molar-refractivity contribution in [2.45, 2.75) is 19.2 Å². The average Bonchev–Trinajstić information content (AvgIpc) is 3.10. The van der Waals surface area contributed by atoms with E-state index >= 15 is 0 Å². The lowest BCUT2D eigenvalue weighted by atomic mass is 10.2. The number of halogens is 1. The Morgan fingerprint density at radius 2 is 2.19 bits per heavy atom. The van der Waals surface area contributed by atoms with Crippen LogP contribution in [0.1, 0.15) is 18.2 Å². The molecule has 0 spiro atoms. The summed E-state index contributed by atoms with van der Waals surface area (Å²) in [7, 11) is 0. The monoisotopic (exact) mass is 407 g/mol. The summed E-state index contributed by atoms with van der Waals surface area (Å²) in [5.41, 5.74) is 1.55.